The third-order valence-corrected chi connectivity index (χ3v) is 3.52. The quantitative estimate of drug-likeness (QED) is 0.825. The molecule has 0 aromatic carbocycles. The Morgan fingerprint density at radius 2 is 2.05 bits per heavy atom. The molecule has 0 atom stereocenters. The van der Waals surface area contributed by atoms with Gasteiger partial charge in [0.15, 0.2) is 0 Å². The maximum Gasteiger partial charge on any atom is 0.259 e. The summed E-state index contributed by atoms with van der Waals surface area (Å²) in [5, 5.41) is 3.66. The van der Waals surface area contributed by atoms with Crippen molar-refractivity contribution in [1.82, 2.24) is 15.0 Å². The summed E-state index contributed by atoms with van der Waals surface area (Å²) in [6.45, 7) is 4.69. The summed E-state index contributed by atoms with van der Waals surface area (Å²) < 4.78 is 4.95. The van der Waals surface area contributed by atoms with Gasteiger partial charge in [0.25, 0.3) is 5.91 Å². The Hall–Kier alpha value is -2.37. The highest BCUT2D eigenvalue weighted by Crippen LogP contribution is 2.15. The minimum absolute atomic E-state index is 0.00980. The zero-order valence-corrected chi connectivity index (χ0v) is 11.3. The number of amides is 1. The molecule has 0 spiro atoms. The predicted molar refractivity (Wildman–Crippen MR) is 73.6 cm³/mol. The number of aromatic nitrogens is 2. The van der Waals surface area contributed by atoms with E-state index in [1.807, 2.05) is 23.1 Å². The van der Waals surface area contributed by atoms with Crippen LogP contribution in [0.3, 0.4) is 0 Å². The molecule has 0 bridgehead atoms. The molecule has 2 aromatic heterocycles. The monoisotopic (exact) mass is 272 g/mol. The van der Waals surface area contributed by atoms with Crippen molar-refractivity contribution in [2.45, 2.75) is 6.92 Å². The smallest absolute Gasteiger partial charge is 0.259 e. The minimum atomic E-state index is -0.00980. The molecule has 1 fully saturated rings. The number of pyridine rings is 1. The molecule has 2 aromatic rings. The largest absolute Gasteiger partial charge is 0.361 e. The molecule has 0 aliphatic carbocycles. The first-order valence-electron chi connectivity index (χ1n) is 6.62. The highest BCUT2D eigenvalue weighted by Gasteiger charge is 2.25. The van der Waals surface area contributed by atoms with E-state index >= 15 is 0 Å². The van der Waals surface area contributed by atoms with Crippen molar-refractivity contribution in [3.63, 3.8) is 0 Å². The molecule has 1 saturated heterocycles. The second-order valence-electron chi connectivity index (χ2n) is 4.76. The predicted octanol–water partition coefficient (Wildman–Crippen LogP) is 1.34. The molecule has 3 heterocycles. The summed E-state index contributed by atoms with van der Waals surface area (Å²) in [4.78, 5) is 20.7. The molecule has 0 radical (unpaired) electrons. The van der Waals surface area contributed by atoms with Crippen LogP contribution in [-0.4, -0.2) is 47.1 Å². The lowest BCUT2D eigenvalue weighted by Crippen LogP contribution is -2.49. The maximum absolute atomic E-state index is 12.3. The number of rotatable bonds is 2. The van der Waals surface area contributed by atoms with Gasteiger partial charge < -0.3 is 14.3 Å². The van der Waals surface area contributed by atoms with Crippen LogP contribution in [0, 0.1) is 6.92 Å². The number of hydrogen-bond donors (Lipinski definition) is 0. The molecule has 0 saturated carbocycles. The van der Waals surface area contributed by atoms with E-state index in [0.29, 0.717) is 24.4 Å². The van der Waals surface area contributed by atoms with Crippen molar-refractivity contribution in [2.24, 2.45) is 0 Å². The second-order valence-corrected chi connectivity index (χ2v) is 4.76. The van der Waals surface area contributed by atoms with E-state index in [1.165, 1.54) is 6.20 Å². The molecule has 0 N–H and O–H groups in total. The second kappa shape index (κ2) is 5.32. The number of anilines is 1. The lowest BCUT2D eigenvalue weighted by Gasteiger charge is -2.35. The lowest BCUT2D eigenvalue weighted by molar-refractivity contribution is 0.0744. The van der Waals surface area contributed by atoms with Gasteiger partial charge in [-0.05, 0) is 19.1 Å². The first-order chi connectivity index (χ1) is 9.75. The van der Waals surface area contributed by atoms with Gasteiger partial charge in [0.1, 0.15) is 17.1 Å². The first kappa shape index (κ1) is 12.7. The Balaban J connectivity index is 1.64. The molecule has 6 heteroatoms. The summed E-state index contributed by atoms with van der Waals surface area (Å²) in [7, 11) is 0. The van der Waals surface area contributed by atoms with E-state index < -0.39 is 0 Å². The fourth-order valence-electron chi connectivity index (χ4n) is 2.35. The molecule has 1 aliphatic rings. The van der Waals surface area contributed by atoms with Gasteiger partial charge in [0.05, 0.1) is 6.20 Å². The standard InChI is InChI=1S/C14H16N4O2/c1-11-12(10-16-20-11)14(19)18-8-6-17(7-9-18)13-4-2-3-5-15-13/h2-5,10H,6-9H2,1H3. The van der Waals surface area contributed by atoms with Crippen molar-refractivity contribution in [1.29, 1.82) is 0 Å². The Morgan fingerprint density at radius 1 is 1.25 bits per heavy atom. The van der Waals surface area contributed by atoms with E-state index in [0.717, 1.165) is 18.9 Å². The van der Waals surface area contributed by atoms with Crippen LogP contribution in [0.15, 0.2) is 35.1 Å². The normalized spacial score (nSPS) is 15.4. The Kier molecular flexibility index (Phi) is 3.37. The fraction of sp³-hybridized carbons (Fsp3) is 0.357. The highest BCUT2D eigenvalue weighted by atomic mass is 16.5. The van der Waals surface area contributed by atoms with Gasteiger partial charge in [0.2, 0.25) is 0 Å². The molecular formula is C14H16N4O2. The van der Waals surface area contributed by atoms with E-state index in [2.05, 4.69) is 15.0 Å². The minimum Gasteiger partial charge on any atom is -0.361 e. The van der Waals surface area contributed by atoms with Gasteiger partial charge in [-0.3, -0.25) is 4.79 Å². The molecule has 1 aliphatic heterocycles. The number of nitrogens with zero attached hydrogens (tertiary/aromatic N) is 4. The maximum atomic E-state index is 12.3. The van der Waals surface area contributed by atoms with E-state index in [-0.39, 0.29) is 5.91 Å². The van der Waals surface area contributed by atoms with Gasteiger partial charge in [0, 0.05) is 32.4 Å². The van der Waals surface area contributed by atoms with Crippen molar-refractivity contribution in [3.05, 3.63) is 41.9 Å². The molecule has 104 valence electrons. The molecule has 1 amide bonds. The molecule has 6 nitrogen and oxygen atoms in total. The average molecular weight is 272 g/mol. The van der Waals surface area contributed by atoms with Gasteiger partial charge >= 0.3 is 0 Å². The third kappa shape index (κ3) is 2.36. The summed E-state index contributed by atoms with van der Waals surface area (Å²) in [5.74, 6) is 1.52. The SMILES string of the molecule is Cc1oncc1C(=O)N1CCN(c2ccccn2)CC1. The van der Waals surface area contributed by atoms with Gasteiger partial charge in [-0.2, -0.15) is 0 Å². The molecular weight excluding hydrogens is 256 g/mol. The molecule has 3 rings (SSSR count). The summed E-state index contributed by atoms with van der Waals surface area (Å²) in [6, 6.07) is 5.86. The zero-order chi connectivity index (χ0) is 13.9. The van der Waals surface area contributed by atoms with Gasteiger partial charge in [-0.1, -0.05) is 11.2 Å². The van der Waals surface area contributed by atoms with Crippen molar-refractivity contribution < 1.29 is 9.32 Å². The first-order valence-corrected chi connectivity index (χ1v) is 6.62. The number of piperazine rings is 1. The summed E-state index contributed by atoms with van der Waals surface area (Å²) in [6.07, 6.45) is 3.27. The number of aryl methyl sites for hydroxylation is 1. The van der Waals surface area contributed by atoms with Crippen LogP contribution in [0.5, 0.6) is 0 Å². The number of carbonyl (C=O) groups is 1. The Bertz CT molecular complexity index is 588. The summed E-state index contributed by atoms with van der Waals surface area (Å²) >= 11 is 0. The van der Waals surface area contributed by atoms with Crippen LogP contribution in [0.4, 0.5) is 5.82 Å². The Morgan fingerprint density at radius 3 is 2.65 bits per heavy atom. The van der Waals surface area contributed by atoms with E-state index in [9.17, 15) is 4.79 Å². The summed E-state index contributed by atoms with van der Waals surface area (Å²) in [5.41, 5.74) is 0.552. The third-order valence-electron chi connectivity index (χ3n) is 3.52. The van der Waals surface area contributed by atoms with Crippen molar-refractivity contribution in [2.75, 3.05) is 31.1 Å². The number of hydrogen-bond acceptors (Lipinski definition) is 5. The van der Waals surface area contributed by atoms with Crippen LogP contribution >= 0.6 is 0 Å². The van der Waals surface area contributed by atoms with E-state index in [4.69, 9.17) is 4.52 Å². The van der Waals surface area contributed by atoms with Crippen LogP contribution < -0.4 is 4.90 Å². The highest BCUT2D eigenvalue weighted by molar-refractivity contribution is 5.94. The molecule has 20 heavy (non-hydrogen) atoms. The molecule has 0 unspecified atom stereocenters. The number of carbonyl (C=O) groups excluding carboxylic acids is 1. The van der Waals surface area contributed by atoms with Gasteiger partial charge in [-0.15, -0.1) is 0 Å². The van der Waals surface area contributed by atoms with Crippen LogP contribution in [0.2, 0.25) is 0 Å². The van der Waals surface area contributed by atoms with E-state index in [1.54, 1.807) is 13.1 Å². The van der Waals surface area contributed by atoms with Crippen LogP contribution in [-0.2, 0) is 0 Å². The topological polar surface area (TPSA) is 62.5 Å². The fourth-order valence-corrected chi connectivity index (χ4v) is 2.35. The van der Waals surface area contributed by atoms with Crippen molar-refractivity contribution in [3.8, 4) is 0 Å². The van der Waals surface area contributed by atoms with Crippen LogP contribution in [0.25, 0.3) is 0 Å². The van der Waals surface area contributed by atoms with Crippen LogP contribution in [0.1, 0.15) is 16.1 Å². The van der Waals surface area contributed by atoms with Gasteiger partial charge in [-0.25, -0.2) is 4.98 Å². The zero-order valence-electron chi connectivity index (χ0n) is 11.3. The van der Waals surface area contributed by atoms with Crippen molar-refractivity contribution >= 4 is 11.7 Å². The average Bonchev–Trinajstić information content (AvgIpc) is 2.94. The lowest BCUT2D eigenvalue weighted by atomic mass is 10.2. The Labute approximate surface area is 117 Å².